The van der Waals surface area contributed by atoms with Crippen molar-refractivity contribution in [1.82, 2.24) is 5.32 Å². The van der Waals surface area contributed by atoms with Crippen molar-refractivity contribution in [2.45, 2.75) is 38.3 Å². The van der Waals surface area contributed by atoms with E-state index in [0.29, 0.717) is 55.4 Å². The Morgan fingerprint density at radius 2 is 1.91 bits per heavy atom. The number of rotatable bonds is 8. The van der Waals surface area contributed by atoms with Gasteiger partial charge in [0.15, 0.2) is 11.5 Å². The van der Waals surface area contributed by atoms with Crippen LogP contribution in [-0.2, 0) is 20.8 Å². The molecule has 0 aromatic heterocycles. The van der Waals surface area contributed by atoms with Crippen molar-refractivity contribution >= 4 is 11.9 Å². The van der Waals surface area contributed by atoms with Gasteiger partial charge in [0.25, 0.3) is 5.91 Å². The fourth-order valence-corrected chi connectivity index (χ4v) is 4.86. The minimum Gasteiger partial charge on any atom is -0.493 e. The summed E-state index contributed by atoms with van der Waals surface area (Å²) in [7, 11) is 3.13. The number of methoxy groups -OCH3 is 2. The van der Waals surface area contributed by atoms with Gasteiger partial charge in [0.2, 0.25) is 5.75 Å². The predicted molar refractivity (Wildman–Crippen MR) is 123 cm³/mol. The number of esters is 1. The second-order valence-electron chi connectivity index (χ2n) is 9.01. The Morgan fingerprint density at radius 1 is 1.09 bits per heavy atom. The molecule has 2 aromatic carbocycles. The van der Waals surface area contributed by atoms with Gasteiger partial charge in [0.1, 0.15) is 18.1 Å². The molecule has 5 rings (SSSR count). The molecule has 34 heavy (non-hydrogen) atoms. The summed E-state index contributed by atoms with van der Waals surface area (Å²) in [6, 6.07) is 9.35. The standard InChI is InChI=1S/C26H29NO7/c1-30-21-8-7-18(17-5-3-6-19-20(17)13-27-24(19)28)22(23(21)31-2)33-15-26(10-4-11-26)25(29)34-16-9-12-32-14-16/h3,5-8,16H,4,9-15H2,1-2H3,(H,27,28)/t16-/m1/s1. The fourth-order valence-electron chi connectivity index (χ4n) is 4.86. The lowest BCUT2D eigenvalue weighted by Gasteiger charge is -2.39. The van der Waals surface area contributed by atoms with Crippen LogP contribution in [0.5, 0.6) is 17.2 Å². The van der Waals surface area contributed by atoms with E-state index in [0.717, 1.165) is 29.5 Å². The molecule has 1 atom stereocenters. The summed E-state index contributed by atoms with van der Waals surface area (Å²) in [5.74, 6) is 1.14. The first-order valence-electron chi connectivity index (χ1n) is 11.6. The van der Waals surface area contributed by atoms with E-state index in [1.807, 2.05) is 30.3 Å². The van der Waals surface area contributed by atoms with Crippen LogP contribution in [0.1, 0.15) is 41.6 Å². The topological polar surface area (TPSA) is 92.3 Å². The SMILES string of the molecule is COc1ccc(-c2cccc3c2CNC3=O)c(OCC2(C(=O)O[C@@H]3CCOC3)CCC2)c1OC. The smallest absolute Gasteiger partial charge is 0.315 e. The zero-order valence-corrected chi connectivity index (χ0v) is 19.5. The summed E-state index contributed by atoms with van der Waals surface area (Å²) in [5.41, 5.74) is 2.52. The number of hydrogen-bond donors (Lipinski definition) is 1. The van der Waals surface area contributed by atoms with E-state index in [9.17, 15) is 9.59 Å². The lowest BCUT2D eigenvalue weighted by atomic mass is 9.69. The summed E-state index contributed by atoms with van der Waals surface area (Å²) >= 11 is 0. The summed E-state index contributed by atoms with van der Waals surface area (Å²) in [5, 5.41) is 2.88. The van der Waals surface area contributed by atoms with Gasteiger partial charge in [-0.3, -0.25) is 9.59 Å². The molecule has 0 spiro atoms. The second-order valence-corrected chi connectivity index (χ2v) is 9.01. The average Bonchev–Trinajstić information content (AvgIpc) is 3.47. The van der Waals surface area contributed by atoms with Gasteiger partial charge in [-0.2, -0.15) is 0 Å². The van der Waals surface area contributed by atoms with Crippen molar-refractivity contribution < 1.29 is 33.3 Å². The molecule has 2 aliphatic heterocycles. The molecule has 1 amide bonds. The quantitative estimate of drug-likeness (QED) is 0.594. The maximum absolute atomic E-state index is 13.1. The van der Waals surface area contributed by atoms with Crippen LogP contribution in [0.3, 0.4) is 0 Å². The van der Waals surface area contributed by atoms with Gasteiger partial charge < -0.3 is 29.0 Å². The van der Waals surface area contributed by atoms with Crippen LogP contribution in [0.2, 0.25) is 0 Å². The Morgan fingerprint density at radius 3 is 2.59 bits per heavy atom. The van der Waals surface area contributed by atoms with Gasteiger partial charge in [-0.25, -0.2) is 0 Å². The first-order valence-corrected chi connectivity index (χ1v) is 11.6. The van der Waals surface area contributed by atoms with Crippen LogP contribution in [0.15, 0.2) is 30.3 Å². The molecule has 0 unspecified atom stereocenters. The number of carbonyl (C=O) groups excluding carboxylic acids is 2. The summed E-state index contributed by atoms with van der Waals surface area (Å²) in [6.45, 7) is 1.67. The molecule has 8 heteroatoms. The molecule has 2 fully saturated rings. The highest BCUT2D eigenvalue weighted by atomic mass is 16.6. The molecule has 0 radical (unpaired) electrons. The number of hydrogen-bond acceptors (Lipinski definition) is 7. The van der Waals surface area contributed by atoms with Crippen LogP contribution in [0.4, 0.5) is 0 Å². The van der Waals surface area contributed by atoms with Crippen LogP contribution < -0.4 is 19.5 Å². The number of fused-ring (bicyclic) bond motifs is 1. The van der Waals surface area contributed by atoms with Gasteiger partial charge in [-0.05, 0) is 42.2 Å². The third-order valence-corrected chi connectivity index (χ3v) is 7.03. The molecule has 3 aliphatic rings. The lowest BCUT2D eigenvalue weighted by Crippen LogP contribution is -2.45. The minimum atomic E-state index is -0.690. The van der Waals surface area contributed by atoms with E-state index >= 15 is 0 Å². The van der Waals surface area contributed by atoms with Gasteiger partial charge in [0.05, 0.1) is 27.4 Å². The summed E-state index contributed by atoms with van der Waals surface area (Å²) in [4.78, 5) is 25.3. The molecule has 1 N–H and O–H groups in total. The van der Waals surface area contributed by atoms with Crippen molar-refractivity contribution in [2.24, 2.45) is 5.41 Å². The van der Waals surface area contributed by atoms with Crippen LogP contribution in [0, 0.1) is 5.41 Å². The molecule has 2 heterocycles. The molecular weight excluding hydrogens is 438 g/mol. The average molecular weight is 468 g/mol. The van der Waals surface area contributed by atoms with Crippen molar-refractivity contribution in [3.8, 4) is 28.4 Å². The molecule has 180 valence electrons. The first-order chi connectivity index (χ1) is 16.6. The van der Waals surface area contributed by atoms with Crippen LogP contribution in [-0.4, -0.2) is 52.0 Å². The molecular formula is C26H29NO7. The number of benzene rings is 2. The second kappa shape index (κ2) is 9.18. The molecule has 8 nitrogen and oxygen atoms in total. The van der Waals surface area contributed by atoms with Gasteiger partial charge in [-0.15, -0.1) is 0 Å². The van der Waals surface area contributed by atoms with E-state index < -0.39 is 5.41 Å². The van der Waals surface area contributed by atoms with Crippen molar-refractivity contribution in [1.29, 1.82) is 0 Å². The van der Waals surface area contributed by atoms with E-state index in [1.165, 1.54) is 0 Å². The highest BCUT2D eigenvalue weighted by molar-refractivity contribution is 6.01. The van der Waals surface area contributed by atoms with Gasteiger partial charge >= 0.3 is 5.97 Å². The number of ether oxygens (including phenoxy) is 5. The third-order valence-electron chi connectivity index (χ3n) is 7.03. The lowest BCUT2D eigenvalue weighted by molar-refractivity contribution is -0.170. The summed E-state index contributed by atoms with van der Waals surface area (Å²) < 4.78 is 28.7. The largest absolute Gasteiger partial charge is 0.493 e. The number of amides is 1. The van der Waals surface area contributed by atoms with E-state index in [1.54, 1.807) is 14.2 Å². The zero-order valence-electron chi connectivity index (χ0n) is 19.5. The fraction of sp³-hybridized carbons (Fsp3) is 0.462. The molecule has 1 saturated carbocycles. The Bertz CT molecular complexity index is 1100. The van der Waals surface area contributed by atoms with E-state index in [-0.39, 0.29) is 24.6 Å². The Labute approximate surface area is 198 Å². The van der Waals surface area contributed by atoms with Crippen LogP contribution >= 0.6 is 0 Å². The highest BCUT2D eigenvalue weighted by Crippen LogP contribution is 2.49. The number of carbonyl (C=O) groups is 2. The first kappa shape index (κ1) is 22.5. The van der Waals surface area contributed by atoms with E-state index in [4.69, 9.17) is 23.7 Å². The zero-order chi connectivity index (χ0) is 23.7. The maximum Gasteiger partial charge on any atom is 0.315 e. The monoisotopic (exact) mass is 467 g/mol. The predicted octanol–water partition coefficient (Wildman–Crippen LogP) is 3.50. The van der Waals surface area contributed by atoms with Crippen molar-refractivity contribution in [2.75, 3.05) is 34.0 Å². The molecule has 2 aromatic rings. The van der Waals surface area contributed by atoms with Crippen molar-refractivity contribution in [3.63, 3.8) is 0 Å². The molecule has 1 saturated heterocycles. The van der Waals surface area contributed by atoms with Crippen LogP contribution in [0.25, 0.3) is 11.1 Å². The molecule has 0 bridgehead atoms. The maximum atomic E-state index is 13.1. The van der Waals surface area contributed by atoms with E-state index in [2.05, 4.69) is 5.32 Å². The Kier molecular flexibility index (Phi) is 6.08. The highest BCUT2D eigenvalue weighted by Gasteiger charge is 2.48. The Hall–Kier alpha value is -3.26. The minimum absolute atomic E-state index is 0.0909. The third kappa shape index (κ3) is 3.86. The number of nitrogens with one attached hydrogen (secondary N) is 1. The van der Waals surface area contributed by atoms with Gasteiger partial charge in [0, 0.05) is 24.1 Å². The molecule has 1 aliphatic carbocycles. The Balaban J connectivity index is 1.48. The van der Waals surface area contributed by atoms with Gasteiger partial charge in [-0.1, -0.05) is 18.6 Å². The normalized spacial score (nSPS) is 20.2. The summed E-state index contributed by atoms with van der Waals surface area (Å²) in [6.07, 6.45) is 2.90. The van der Waals surface area contributed by atoms with Crippen molar-refractivity contribution in [3.05, 3.63) is 41.5 Å².